The van der Waals surface area contributed by atoms with Crippen molar-refractivity contribution in [1.82, 2.24) is 4.98 Å². The van der Waals surface area contributed by atoms with Gasteiger partial charge in [-0.2, -0.15) is 0 Å². The van der Waals surface area contributed by atoms with Gasteiger partial charge < -0.3 is 15.8 Å². The molecule has 0 radical (unpaired) electrons. The number of hydrogen-bond acceptors (Lipinski definition) is 5. The third-order valence-corrected chi connectivity index (χ3v) is 4.45. The highest BCUT2D eigenvalue weighted by molar-refractivity contribution is 7.22. The summed E-state index contributed by atoms with van der Waals surface area (Å²) in [5, 5.41) is 3.34. The van der Waals surface area contributed by atoms with Crippen molar-refractivity contribution >= 4 is 38.3 Å². The number of nitrogen functional groups attached to an aromatic ring is 1. The van der Waals surface area contributed by atoms with Gasteiger partial charge in [0.25, 0.3) is 5.91 Å². The molecule has 2 aromatic carbocycles. The predicted molar refractivity (Wildman–Crippen MR) is 94.1 cm³/mol. The first-order valence-corrected chi connectivity index (χ1v) is 7.99. The van der Waals surface area contributed by atoms with E-state index >= 15 is 0 Å². The lowest BCUT2D eigenvalue weighted by Crippen LogP contribution is -2.20. The van der Waals surface area contributed by atoms with Crippen molar-refractivity contribution in [2.75, 3.05) is 17.7 Å². The highest BCUT2D eigenvalue weighted by atomic mass is 32.1. The fraction of sp³-hybridized carbons (Fsp3) is 0.176. The van der Waals surface area contributed by atoms with Crippen LogP contribution < -0.4 is 15.8 Å². The van der Waals surface area contributed by atoms with Crippen molar-refractivity contribution in [2.24, 2.45) is 0 Å². The maximum absolute atomic E-state index is 12.1. The zero-order valence-electron chi connectivity index (χ0n) is 12.9. The molecule has 0 fully saturated rings. The zero-order chi connectivity index (χ0) is 16.4. The van der Waals surface area contributed by atoms with Gasteiger partial charge in [-0.25, -0.2) is 4.98 Å². The van der Waals surface area contributed by atoms with Crippen LogP contribution in [0.4, 0.5) is 10.8 Å². The Kier molecular flexibility index (Phi) is 4.16. The largest absolute Gasteiger partial charge is 0.483 e. The molecule has 0 unspecified atom stereocenters. The van der Waals surface area contributed by atoms with Crippen LogP contribution in [-0.4, -0.2) is 17.5 Å². The van der Waals surface area contributed by atoms with Gasteiger partial charge in [0.1, 0.15) is 5.75 Å². The number of nitrogens with one attached hydrogen (secondary N) is 1. The average molecular weight is 327 g/mol. The molecule has 23 heavy (non-hydrogen) atoms. The SMILES string of the molecule is Cc1cccc(OCC(=O)Nc2ccc3nc(N)sc3c2)c1C. The minimum absolute atomic E-state index is 0.0346. The molecule has 0 aliphatic carbocycles. The molecule has 0 bridgehead atoms. The van der Waals surface area contributed by atoms with E-state index in [1.165, 1.54) is 11.3 Å². The van der Waals surface area contributed by atoms with Crippen molar-refractivity contribution < 1.29 is 9.53 Å². The fourth-order valence-electron chi connectivity index (χ4n) is 2.24. The van der Waals surface area contributed by atoms with E-state index in [0.29, 0.717) is 10.8 Å². The van der Waals surface area contributed by atoms with Gasteiger partial charge in [-0.05, 0) is 49.2 Å². The smallest absolute Gasteiger partial charge is 0.262 e. The van der Waals surface area contributed by atoms with Crippen LogP contribution in [0.1, 0.15) is 11.1 Å². The number of carbonyl (C=O) groups excluding carboxylic acids is 1. The Morgan fingerprint density at radius 1 is 1.30 bits per heavy atom. The lowest BCUT2D eigenvalue weighted by molar-refractivity contribution is -0.118. The summed E-state index contributed by atoms with van der Waals surface area (Å²) < 4.78 is 6.54. The number of aryl methyl sites for hydroxylation is 1. The average Bonchev–Trinajstić information content (AvgIpc) is 2.88. The highest BCUT2D eigenvalue weighted by Gasteiger charge is 2.08. The van der Waals surface area contributed by atoms with E-state index in [1.807, 2.05) is 44.2 Å². The molecule has 6 heteroatoms. The Morgan fingerprint density at radius 3 is 2.96 bits per heavy atom. The van der Waals surface area contributed by atoms with Crippen LogP contribution in [0.2, 0.25) is 0 Å². The monoisotopic (exact) mass is 327 g/mol. The summed E-state index contributed by atoms with van der Waals surface area (Å²) in [6.07, 6.45) is 0. The number of thiazole rings is 1. The Hall–Kier alpha value is -2.60. The van der Waals surface area contributed by atoms with E-state index in [-0.39, 0.29) is 12.5 Å². The number of fused-ring (bicyclic) bond motifs is 1. The van der Waals surface area contributed by atoms with Crippen LogP contribution in [0.3, 0.4) is 0 Å². The normalized spacial score (nSPS) is 10.7. The van der Waals surface area contributed by atoms with E-state index in [1.54, 1.807) is 6.07 Å². The summed E-state index contributed by atoms with van der Waals surface area (Å²) in [7, 11) is 0. The second kappa shape index (κ2) is 6.26. The Bertz CT molecular complexity index is 873. The maximum atomic E-state index is 12.1. The number of rotatable bonds is 4. The molecule has 1 amide bonds. The lowest BCUT2D eigenvalue weighted by atomic mass is 10.1. The number of amides is 1. The lowest BCUT2D eigenvalue weighted by Gasteiger charge is -2.11. The van der Waals surface area contributed by atoms with Crippen molar-refractivity contribution in [3.8, 4) is 5.75 Å². The van der Waals surface area contributed by atoms with Crippen LogP contribution >= 0.6 is 11.3 Å². The highest BCUT2D eigenvalue weighted by Crippen LogP contribution is 2.26. The van der Waals surface area contributed by atoms with E-state index in [2.05, 4.69) is 10.3 Å². The number of ether oxygens (including phenoxy) is 1. The predicted octanol–water partition coefficient (Wildman–Crippen LogP) is 3.51. The summed E-state index contributed by atoms with van der Waals surface area (Å²) in [4.78, 5) is 16.2. The minimum Gasteiger partial charge on any atom is -0.483 e. The number of anilines is 2. The van der Waals surface area contributed by atoms with Gasteiger partial charge >= 0.3 is 0 Å². The molecular weight excluding hydrogens is 310 g/mol. The van der Waals surface area contributed by atoms with Crippen LogP contribution in [0, 0.1) is 13.8 Å². The van der Waals surface area contributed by atoms with Crippen molar-refractivity contribution in [1.29, 1.82) is 0 Å². The molecule has 3 rings (SSSR count). The summed E-state index contributed by atoms with van der Waals surface area (Å²) in [5.41, 5.74) is 9.39. The van der Waals surface area contributed by atoms with E-state index < -0.39 is 0 Å². The fourth-order valence-corrected chi connectivity index (χ4v) is 3.01. The summed E-state index contributed by atoms with van der Waals surface area (Å²) in [5.74, 6) is 0.522. The Morgan fingerprint density at radius 2 is 2.13 bits per heavy atom. The van der Waals surface area contributed by atoms with Gasteiger partial charge in [0.15, 0.2) is 11.7 Å². The number of carbonyl (C=O) groups is 1. The molecule has 0 atom stereocenters. The summed E-state index contributed by atoms with van der Waals surface area (Å²) in [6, 6.07) is 11.3. The van der Waals surface area contributed by atoms with Crippen LogP contribution in [0.5, 0.6) is 5.75 Å². The Balaban J connectivity index is 1.65. The van der Waals surface area contributed by atoms with Gasteiger partial charge in [0.2, 0.25) is 0 Å². The van der Waals surface area contributed by atoms with Crippen LogP contribution in [-0.2, 0) is 4.79 Å². The molecule has 3 aromatic rings. The van der Waals surface area contributed by atoms with Crippen LogP contribution in [0.15, 0.2) is 36.4 Å². The van der Waals surface area contributed by atoms with Crippen LogP contribution in [0.25, 0.3) is 10.2 Å². The quantitative estimate of drug-likeness (QED) is 0.769. The first kappa shape index (κ1) is 15.3. The Labute approximate surface area is 138 Å². The van der Waals surface area contributed by atoms with Gasteiger partial charge in [-0.15, -0.1) is 0 Å². The van der Waals surface area contributed by atoms with E-state index in [0.717, 1.165) is 27.1 Å². The van der Waals surface area contributed by atoms with Gasteiger partial charge in [0, 0.05) is 5.69 Å². The molecule has 1 heterocycles. The number of benzene rings is 2. The first-order chi connectivity index (χ1) is 11.0. The molecular formula is C17H17N3O2S. The van der Waals surface area contributed by atoms with E-state index in [9.17, 15) is 4.79 Å². The van der Waals surface area contributed by atoms with Gasteiger partial charge in [0.05, 0.1) is 10.2 Å². The first-order valence-electron chi connectivity index (χ1n) is 7.18. The standard InChI is InChI=1S/C17H17N3O2S/c1-10-4-3-5-14(11(10)2)22-9-16(21)19-12-6-7-13-15(8-12)23-17(18)20-13/h3-8H,9H2,1-2H3,(H2,18,20)(H,19,21). The molecule has 0 saturated carbocycles. The number of nitrogens with two attached hydrogens (primary N) is 1. The maximum Gasteiger partial charge on any atom is 0.262 e. The molecule has 1 aromatic heterocycles. The van der Waals surface area contributed by atoms with E-state index in [4.69, 9.17) is 10.5 Å². The molecule has 5 nitrogen and oxygen atoms in total. The number of hydrogen-bond donors (Lipinski definition) is 2. The van der Waals surface area contributed by atoms with Crippen molar-refractivity contribution in [3.05, 3.63) is 47.5 Å². The second-order valence-corrected chi connectivity index (χ2v) is 6.33. The van der Waals surface area contributed by atoms with Crippen molar-refractivity contribution in [2.45, 2.75) is 13.8 Å². The molecule has 0 aliphatic rings. The molecule has 0 saturated heterocycles. The van der Waals surface area contributed by atoms with Gasteiger partial charge in [-0.1, -0.05) is 23.5 Å². The zero-order valence-corrected chi connectivity index (χ0v) is 13.7. The second-order valence-electron chi connectivity index (χ2n) is 5.27. The summed E-state index contributed by atoms with van der Waals surface area (Å²) in [6.45, 7) is 3.95. The van der Waals surface area contributed by atoms with Crippen molar-refractivity contribution in [3.63, 3.8) is 0 Å². The molecule has 0 aliphatic heterocycles. The minimum atomic E-state index is -0.206. The van der Waals surface area contributed by atoms with Gasteiger partial charge in [-0.3, -0.25) is 4.79 Å². The topological polar surface area (TPSA) is 77.2 Å². The number of nitrogens with zero attached hydrogens (tertiary/aromatic N) is 1. The molecule has 0 spiro atoms. The molecule has 118 valence electrons. The third-order valence-electron chi connectivity index (χ3n) is 3.60. The third kappa shape index (κ3) is 3.43. The molecule has 3 N–H and O–H groups in total. The summed E-state index contributed by atoms with van der Waals surface area (Å²) >= 11 is 1.39. The number of aromatic nitrogens is 1.